The number of amides is 4. The van der Waals surface area contributed by atoms with Crippen molar-refractivity contribution in [3.8, 4) is 23.0 Å². The Balaban J connectivity index is 0.960. The van der Waals surface area contributed by atoms with Crippen LogP contribution in [0, 0.1) is 0 Å². The first kappa shape index (κ1) is 55.4. The van der Waals surface area contributed by atoms with Crippen LogP contribution in [-0.4, -0.2) is 116 Å². The van der Waals surface area contributed by atoms with Crippen LogP contribution < -0.4 is 41.0 Å². The fourth-order valence-corrected chi connectivity index (χ4v) is 12.8. The van der Waals surface area contributed by atoms with Crippen LogP contribution in [0.4, 0.5) is 0 Å². The zero-order chi connectivity index (χ0) is 56.5. The van der Waals surface area contributed by atoms with Crippen molar-refractivity contribution < 1.29 is 53.1 Å². The minimum absolute atomic E-state index is 0.00754. The van der Waals surface area contributed by atoms with Gasteiger partial charge in [0.2, 0.25) is 11.8 Å². The molecule has 3 unspecified atom stereocenters. The molecule has 4 aromatic rings. The van der Waals surface area contributed by atoms with Gasteiger partial charge in [-0.05, 0) is 88.9 Å². The van der Waals surface area contributed by atoms with Crippen LogP contribution in [0.3, 0.4) is 0 Å². The smallest absolute Gasteiger partial charge is 0.251 e. The third kappa shape index (κ3) is 9.79. The molecular formula is C59H71ClN8O11. The number of halogens is 1. The number of carbonyl (C=O) groups excluding carboxylic acids is 4. The van der Waals surface area contributed by atoms with Crippen molar-refractivity contribution in [1.82, 2.24) is 20.4 Å². The summed E-state index contributed by atoms with van der Waals surface area (Å²) >= 11 is 7.17. The predicted molar refractivity (Wildman–Crippen MR) is 295 cm³/mol. The van der Waals surface area contributed by atoms with Crippen molar-refractivity contribution in [1.29, 1.82) is 0 Å². The third-order valence-corrected chi connectivity index (χ3v) is 17.7. The van der Waals surface area contributed by atoms with E-state index in [9.17, 15) is 29.4 Å². The number of hydrogen-bond donors (Lipinski definition) is 6. The number of nitrogens with two attached hydrogens (primary N) is 2. The maximum absolute atomic E-state index is 14.7. The number of aliphatic imine (C=N–C) groups is 2. The molecule has 20 heteroatoms. The lowest BCUT2D eigenvalue weighted by molar-refractivity contribution is -0.135. The van der Waals surface area contributed by atoms with Crippen LogP contribution in [0.1, 0.15) is 167 Å². The van der Waals surface area contributed by atoms with Gasteiger partial charge in [-0.15, -0.1) is 0 Å². The second-order valence-corrected chi connectivity index (χ2v) is 22.9. The second-order valence-electron chi connectivity index (χ2n) is 22.5. The number of benzene rings is 4. The maximum atomic E-state index is 14.7. The fraction of sp³-hybridized carbons (Fsp3) is 0.492. The highest BCUT2D eigenvalue weighted by Gasteiger charge is 2.52. The zero-order valence-electron chi connectivity index (χ0n) is 45.9. The Labute approximate surface area is 465 Å². The summed E-state index contributed by atoms with van der Waals surface area (Å²) in [6.45, 7) is 13.3. The van der Waals surface area contributed by atoms with Gasteiger partial charge in [0.1, 0.15) is 65.2 Å². The van der Waals surface area contributed by atoms with E-state index < -0.39 is 82.7 Å². The lowest BCUT2D eigenvalue weighted by Crippen LogP contribution is -2.58. The van der Waals surface area contributed by atoms with E-state index >= 15 is 0 Å². The quantitative estimate of drug-likeness (QED) is 0.0771. The Morgan fingerprint density at radius 2 is 1.27 bits per heavy atom. The Hall–Kier alpha value is -6.93. The van der Waals surface area contributed by atoms with Crippen molar-refractivity contribution >= 4 is 47.1 Å². The van der Waals surface area contributed by atoms with Crippen molar-refractivity contribution in [2.24, 2.45) is 21.5 Å². The summed E-state index contributed by atoms with van der Waals surface area (Å²) in [4.78, 5) is 70.4. The minimum Gasteiger partial charge on any atom is -0.490 e. The molecule has 0 radical (unpaired) electrons. The standard InChI is InChI=1S/C59H71ClN8O11/c1-9-58(10-2)28-44(69)67(54(61)65-58)39-26-33(77-49-36(39)24-32(25-38(49)60)53(74)63-46-34-17-13-15-19-41(34)78-56(5,6)50(46)71)27-57(7)51(72)47(35-18-14-16-20-42(35)79-57)64-52(73)31-21-22-40-37(23-31)48(43(75-8)30-76-40)68-45(70)29-59(11-3,12-4)66-55(68)62/h13-25,33,39,43,46-48,50-51,71-72H,9-12,26-30H2,1-8H3,(H2,61,65)(H2,62,66)(H,63,74)(H,64,73)/t33?,39-,43?,46+,47-,48+,50-,51+,57?/m1/s1. The predicted octanol–water partition coefficient (Wildman–Crippen LogP) is 7.27. The topological polar surface area (TPSA) is 262 Å². The zero-order valence-corrected chi connectivity index (χ0v) is 46.6. The number of para-hydroxylation sites is 2. The van der Waals surface area contributed by atoms with E-state index in [0.717, 1.165) is 0 Å². The molecule has 0 saturated carbocycles. The van der Waals surface area contributed by atoms with Gasteiger partial charge in [0, 0.05) is 53.3 Å². The average Bonchev–Trinajstić information content (AvgIpc) is 3.62. The van der Waals surface area contributed by atoms with E-state index in [0.29, 0.717) is 65.2 Å². The summed E-state index contributed by atoms with van der Waals surface area (Å²) in [5, 5.41) is 30.4. The summed E-state index contributed by atoms with van der Waals surface area (Å²) in [5.41, 5.74) is 12.0. The largest absolute Gasteiger partial charge is 0.490 e. The van der Waals surface area contributed by atoms with E-state index in [1.807, 2.05) is 33.8 Å². The number of fused-ring (bicyclic) bond motifs is 4. The maximum Gasteiger partial charge on any atom is 0.251 e. The number of aliphatic hydroxyl groups excluding tert-OH is 2. The van der Waals surface area contributed by atoms with Gasteiger partial charge in [0.05, 0.1) is 53.1 Å². The molecule has 0 fully saturated rings. The van der Waals surface area contributed by atoms with Crippen molar-refractivity contribution in [3.63, 3.8) is 0 Å². The molecule has 6 aliphatic rings. The number of rotatable bonds is 13. The van der Waals surface area contributed by atoms with Crippen LogP contribution in [0.25, 0.3) is 0 Å². The monoisotopic (exact) mass is 1100 g/mol. The molecule has 0 aliphatic carbocycles. The molecule has 9 atom stereocenters. The molecular weight excluding hydrogens is 1030 g/mol. The number of hydrogen-bond acceptors (Lipinski definition) is 15. The number of aliphatic hydroxyl groups is 2. The minimum atomic E-state index is -1.46. The van der Waals surface area contributed by atoms with Crippen LogP contribution in [0.5, 0.6) is 23.0 Å². The van der Waals surface area contributed by atoms with Crippen LogP contribution in [-0.2, 0) is 14.3 Å². The van der Waals surface area contributed by atoms with Gasteiger partial charge >= 0.3 is 0 Å². The summed E-state index contributed by atoms with van der Waals surface area (Å²) in [5.74, 6) is 0.107. The Kier molecular flexibility index (Phi) is 14.7. The number of nitrogens with one attached hydrogen (secondary N) is 2. The molecule has 6 aliphatic heterocycles. The molecule has 4 amide bonds. The Bertz CT molecular complexity index is 3140. The van der Waals surface area contributed by atoms with Gasteiger partial charge in [-0.2, -0.15) is 0 Å². The lowest BCUT2D eigenvalue weighted by Gasteiger charge is -2.47. The molecule has 4 aromatic carbocycles. The first-order chi connectivity index (χ1) is 37.6. The van der Waals surface area contributed by atoms with Gasteiger partial charge in [-0.25, -0.2) is 9.98 Å². The highest BCUT2D eigenvalue weighted by Crippen LogP contribution is 2.50. The number of guanidine groups is 2. The number of methoxy groups -OCH3 is 1. The molecule has 19 nitrogen and oxygen atoms in total. The third-order valence-electron chi connectivity index (χ3n) is 17.4. The number of nitrogens with zero attached hydrogens (tertiary/aromatic N) is 4. The van der Waals surface area contributed by atoms with E-state index in [4.69, 9.17) is 56.7 Å². The molecule has 0 spiro atoms. The van der Waals surface area contributed by atoms with Gasteiger partial charge < -0.3 is 56.0 Å². The van der Waals surface area contributed by atoms with E-state index in [-0.39, 0.29) is 77.9 Å². The van der Waals surface area contributed by atoms with Crippen LogP contribution >= 0.6 is 11.6 Å². The van der Waals surface area contributed by atoms with E-state index in [1.54, 1.807) is 87.5 Å². The Morgan fingerprint density at radius 1 is 0.722 bits per heavy atom. The van der Waals surface area contributed by atoms with E-state index in [2.05, 4.69) is 10.6 Å². The molecule has 0 aromatic heterocycles. The highest BCUT2D eigenvalue weighted by molar-refractivity contribution is 6.32. The van der Waals surface area contributed by atoms with Crippen LogP contribution in [0.2, 0.25) is 5.02 Å². The molecule has 0 saturated heterocycles. The molecule has 6 heterocycles. The fourth-order valence-electron chi connectivity index (χ4n) is 12.5. The summed E-state index contributed by atoms with van der Waals surface area (Å²) < 4.78 is 31.6. The van der Waals surface area contributed by atoms with Gasteiger partial charge in [-0.3, -0.25) is 29.0 Å². The van der Waals surface area contributed by atoms with Crippen molar-refractivity contribution in [2.75, 3.05) is 13.7 Å². The SMILES string of the molecule is CCC1(CC)CC(=O)N([C@@H]2CC(CC3(C)Oc4ccccc4[C@@H](NC(=O)c4ccc5c(c4)[C@H](N4C(=O)CC(CC)(CC)N=C4N)C(OC)CO5)[C@@H]3O)Oc3c(Cl)cc(C(=O)N[C@H]4c5ccccc5OC(C)(C)[C@@H]4O)cc32)C(N)=N1. The number of ether oxygens (including phenoxy) is 5. The average molecular weight is 1100 g/mol. The second kappa shape index (κ2) is 20.9. The summed E-state index contributed by atoms with van der Waals surface area (Å²) in [6.07, 6.45) is -1.19. The molecule has 79 heavy (non-hydrogen) atoms. The summed E-state index contributed by atoms with van der Waals surface area (Å²) in [7, 11) is 1.53. The first-order valence-electron chi connectivity index (χ1n) is 27.3. The van der Waals surface area contributed by atoms with Crippen molar-refractivity contribution in [2.45, 2.75) is 171 Å². The first-order valence-corrected chi connectivity index (χ1v) is 27.7. The lowest BCUT2D eigenvalue weighted by atomic mass is 9.79. The summed E-state index contributed by atoms with van der Waals surface area (Å²) in [6, 6.07) is 18.9. The van der Waals surface area contributed by atoms with Gasteiger partial charge in [0.15, 0.2) is 11.9 Å². The molecule has 420 valence electrons. The number of carbonyl (C=O) groups is 4. The van der Waals surface area contributed by atoms with Gasteiger partial charge in [-0.1, -0.05) is 75.7 Å². The molecule has 0 bridgehead atoms. The van der Waals surface area contributed by atoms with E-state index in [1.165, 1.54) is 23.0 Å². The normalized spacial score (nSPS) is 28.1. The molecule has 10 rings (SSSR count). The van der Waals surface area contributed by atoms with Gasteiger partial charge in [0.25, 0.3) is 11.8 Å². The van der Waals surface area contributed by atoms with Crippen LogP contribution in [0.15, 0.2) is 88.8 Å². The molecule has 8 N–H and O–H groups in total. The highest BCUT2D eigenvalue weighted by atomic mass is 35.5. The Morgan fingerprint density at radius 3 is 1.85 bits per heavy atom. The van der Waals surface area contributed by atoms with Crippen molar-refractivity contribution in [3.05, 3.63) is 117 Å².